The Hall–Kier alpha value is -5.35. The first-order valence-electron chi connectivity index (χ1n) is 13.8. The van der Waals surface area contributed by atoms with Gasteiger partial charge in [0, 0.05) is 22.7 Å². The summed E-state index contributed by atoms with van der Waals surface area (Å²) in [5.41, 5.74) is 6.67. The average Bonchev–Trinajstić information content (AvgIpc) is 3.02. The molecule has 2 N–H and O–H groups in total. The van der Waals surface area contributed by atoms with Crippen molar-refractivity contribution in [1.29, 1.82) is 0 Å². The topological polar surface area (TPSA) is 52.6 Å². The van der Waals surface area contributed by atoms with E-state index in [1.165, 1.54) is 5.56 Å². The van der Waals surface area contributed by atoms with E-state index in [0.717, 1.165) is 46.2 Å². The van der Waals surface area contributed by atoms with Gasteiger partial charge in [0.2, 0.25) is 0 Å². The van der Waals surface area contributed by atoms with Crippen LogP contribution in [-0.4, -0.2) is 11.0 Å². The van der Waals surface area contributed by atoms with Crippen LogP contribution < -0.4 is 10.2 Å². The lowest BCUT2D eigenvalue weighted by molar-refractivity contribution is 0.102. The monoisotopic (exact) mass is 534 g/mol. The van der Waals surface area contributed by atoms with Gasteiger partial charge in [-0.05, 0) is 95.4 Å². The van der Waals surface area contributed by atoms with Crippen molar-refractivity contribution in [3.8, 4) is 5.75 Å². The van der Waals surface area contributed by atoms with Gasteiger partial charge in [0.1, 0.15) is 5.75 Å². The molecule has 4 nitrogen and oxygen atoms in total. The lowest BCUT2D eigenvalue weighted by Gasteiger charge is -2.25. The molecule has 1 amide bonds. The largest absolute Gasteiger partial charge is 0.507 e. The standard InChI is InChI=1S/C37H30N2O2/c40-36-26-30-12-8-7-11-29(30)25-35(36)37(41)38-31-13-9-10-28(24-31)19-18-27-20-22-34(23-21-27)39(32-14-3-1-4-15-32)33-16-5-2-6-17-33/h1-17,20-26,40H,18-19H2,(H,38,41). The molecule has 0 aliphatic rings. The van der Waals surface area contributed by atoms with E-state index in [-0.39, 0.29) is 17.2 Å². The Morgan fingerprint density at radius 3 is 1.78 bits per heavy atom. The van der Waals surface area contributed by atoms with Gasteiger partial charge in [-0.15, -0.1) is 0 Å². The second kappa shape index (κ2) is 11.8. The van der Waals surface area contributed by atoms with Crippen molar-refractivity contribution in [3.63, 3.8) is 0 Å². The van der Waals surface area contributed by atoms with Crippen LogP contribution in [0.5, 0.6) is 5.75 Å². The number of nitrogens with one attached hydrogen (secondary N) is 1. The molecule has 200 valence electrons. The van der Waals surface area contributed by atoms with Crippen molar-refractivity contribution in [2.24, 2.45) is 0 Å². The minimum Gasteiger partial charge on any atom is -0.507 e. The number of carbonyl (C=O) groups excluding carboxylic acids is 1. The number of phenols is 1. The first-order valence-corrected chi connectivity index (χ1v) is 13.8. The third kappa shape index (κ3) is 5.97. The molecule has 41 heavy (non-hydrogen) atoms. The van der Waals surface area contributed by atoms with Gasteiger partial charge in [-0.2, -0.15) is 0 Å². The molecule has 0 bridgehead atoms. The van der Waals surface area contributed by atoms with Crippen molar-refractivity contribution in [2.45, 2.75) is 12.8 Å². The number of fused-ring (bicyclic) bond motifs is 1. The third-order valence-corrected chi connectivity index (χ3v) is 7.22. The van der Waals surface area contributed by atoms with Crippen molar-refractivity contribution in [3.05, 3.63) is 162 Å². The molecule has 6 aromatic rings. The Bertz CT molecular complexity index is 1740. The molecule has 0 aliphatic carbocycles. The summed E-state index contributed by atoms with van der Waals surface area (Å²) in [4.78, 5) is 15.2. The van der Waals surface area contributed by atoms with E-state index in [9.17, 15) is 9.90 Å². The van der Waals surface area contributed by atoms with Gasteiger partial charge in [0.15, 0.2) is 0 Å². The van der Waals surface area contributed by atoms with Crippen LogP contribution in [0.4, 0.5) is 22.7 Å². The average molecular weight is 535 g/mol. The molecule has 6 aromatic carbocycles. The van der Waals surface area contributed by atoms with Crippen LogP contribution >= 0.6 is 0 Å². The Kier molecular flexibility index (Phi) is 7.46. The first-order chi connectivity index (χ1) is 20.1. The number of carbonyl (C=O) groups is 1. The van der Waals surface area contributed by atoms with Crippen molar-refractivity contribution in [2.75, 3.05) is 10.2 Å². The van der Waals surface area contributed by atoms with E-state index in [4.69, 9.17) is 0 Å². The number of benzene rings is 6. The zero-order chi connectivity index (χ0) is 28.0. The quantitative estimate of drug-likeness (QED) is 0.205. The molecule has 0 heterocycles. The van der Waals surface area contributed by atoms with Crippen LogP contribution in [0.3, 0.4) is 0 Å². The Balaban J connectivity index is 1.14. The fourth-order valence-electron chi connectivity index (χ4n) is 5.11. The highest BCUT2D eigenvalue weighted by Gasteiger charge is 2.14. The van der Waals surface area contributed by atoms with E-state index in [1.807, 2.05) is 54.6 Å². The number of phenolic OH excluding ortho intramolecular Hbond substituents is 1. The first kappa shape index (κ1) is 25.9. The smallest absolute Gasteiger partial charge is 0.259 e. The molecule has 0 radical (unpaired) electrons. The lowest BCUT2D eigenvalue weighted by atomic mass is 10.0. The number of para-hydroxylation sites is 2. The van der Waals surface area contributed by atoms with Crippen LogP contribution in [-0.2, 0) is 12.8 Å². The Morgan fingerprint density at radius 2 is 1.12 bits per heavy atom. The van der Waals surface area contributed by atoms with Crippen molar-refractivity contribution in [1.82, 2.24) is 0 Å². The van der Waals surface area contributed by atoms with Crippen LogP contribution in [0.1, 0.15) is 21.5 Å². The number of hydrogen-bond acceptors (Lipinski definition) is 3. The normalized spacial score (nSPS) is 10.8. The predicted molar refractivity (Wildman–Crippen MR) is 169 cm³/mol. The minimum absolute atomic E-state index is 0.0288. The number of nitrogens with zero attached hydrogens (tertiary/aromatic N) is 1. The van der Waals surface area contributed by atoms with Crippen molar-refractivity contribution < 1.29 is 9.90 Å². The summed E-state index contributed by atoms with van der Waals surface area (Å²) in [6, 6.07) is 48.4. The molecule has 0 unspecified atom stereocenters. The van der Waals surface area contributed by atoms with Gasteiger partial charge in [0.25, 0.3) is 5.91 Å². The maximum absolute atomic E-state index is 13.0. The van der Waals surface area contributed by atoms with Crippen LogP contribution in [0.25, 0.3) is 10.8 Å². The van der Waals surface area contributed by atoms with Gasteiger partial charge >= 0.3 is 0 Å². The number of rotatable bonds is 8. The highest BCUT2D eigenvalue weighted by atomic mass is 16.3. The van der Waals surface area contributed by atoms with Crippen molar-refractivity contribution >= 4 is 39.4 Å². The molecular weight excluding hydrogens is 504 g/mol. The van der Waals surface area contributed by atoms with Gasteiger partial charge in [-0.3, -0.25) is 4.79 Å². The molecule has 6 rings (SSSR count). The fraction of sp³-hybridized carbons (Fsp3) is 0.0541. The highest BCUT2D eigenvalue weighted by Crippen LogP contribution is 2.34. The zero-order valence-electron chi connectivity index (χ0n) is 22.6. The number of hydrogen-bond donors (Lipinski definition) is 2. The van der Waals surface area contributed by atoms with E-state index in [2.05, 4.69) is 89.1 Å². The molecule has 0 saturated heterocycles. The van der Waals surface area contributed by atoms with Crippen LogP contribution in [0.15, 0.2) is 146 Å². The lowest BCUT2D eigenvalue weighted by Crippen LogP contribution is -2.12. The van der Waals surface area contributed by atoms with Gasteiger partial charge in [-0.1, -0.05) is 84.9 Å². The zero-order valence-corrected chi connectivity index (χ0v) is 22.6. The molecule has 0 atom stereocenters. The molecule has 0 aliphatic heterocycles. The molecule has 0 fully saturated rings. The summed E-state index contributed by atoms with van der Waals surface area (Å²) in [5, 5.41) is 15.2. The summed E-state index contributed by atoms with van der Waals surface area (Å²) in [6.07, 6.45) is 1.71. The van der Waals surface area contributed by atoms with E-state index >= 15 is 0 Å². The molecule has 0 saturated carbocycles. The fourth-order valence-corrected chi connectivity index (χ4v) is 5.11. The summed E-state index contributed by atoms with van der Waals surface area (Å²) in [5.74, 6) is -0.360. The summed E-state index contributed by atoms with van der Waals surface area (Å²) in [7, 11) is 0. The second-order valence-electron chi connectivity index (χ2n) is 10.0. The maximum Gasteiger partial charge on any atom is 0.259 e. The number of aromatic hydroxyl groups is 1. The van der Waals surface area contributed by atoms with E-state index in [1.54, 1.807) is 12.1 Å². The van der Waals surface area contributed by atoms with E-state index < -0.39 is 0 Å². The predicted octanol–water partition coefficient (Wildman–Crippen LogP) is 9.05. The summed E-state index contributed by atoms with van der Waals surface area (Å²) >= 11 is 0. The highest BCUT2D eigenvalue weighted by molar-refractivity contribution is 6.08. The van der Waals surface area contributed by atoms with Crippen LogP contribution in [0, 0.1) is 0 Å². The summed E-state index contributed by atoms with van der Waals surface area (Å²) in [6.45, 7) is 0. The second-order valence-corrected chi connectivity index (χ2v) is 10.0. The van der Waals surface area contributed by atoms with Crippen LogP contribution in [0.2, 0.25) is 0 Å². The third-order valence-electron chi connectivity index (χ3n) is 7.22. The molecule has 0 aromatic heterocycles. The minimum atomic E-state index is -0.331. The molecular formula is C37H30N2O2. The number of amides is 1. The number of aryl methyl sites for hydroxylation is 2. The maximum atomic E-state index is 13.0. The summed E-state index contributed by atoms with van der Waals surface area (Å²) < 4.78 is 0. The number of anilines is 4. The van der Waals surface area contributed by atoms with Gasteiger partial charge in [-0.25, -0.2) is 0 Å². The molecule has 0 spiro atoms. The SMILES string of the molecule is O=C(Nc1cccc(CCc2ccc(N(c3ccccc3)c3ccccc3)cc2)c1)c1cc2ccccc2cc1O. The van der Waals surface area contributed by atoms with Gasteiger partial charge < -0.3 is 15.3 Å². The van der Waals surface area contributed by atoms with E-state index in [0.29, 0.717) is 5.69 Å². The molecule has 4 heteroatoms. The Labute approximate surface area is 240 Å². The Morgan fingerprint density at radius 1 is 0.561 bits per heavy atom. The van der Waals surface area contributed by atoms with Gasteiger partial charge in [0.05, 0.1) is 5.56 Å².